The van der Waals surface area contributed by atoms with Crippen LogP contribution in [0.25, 0.3) is 11.1 Å². The zero-order valence-electron chi connectivity index (χ0n) is 9.66. The molecule has 0 aliphatic rings. The van der Waals surface area contributed by atoms with Crippen LogP contribution in [0, 0.1) is 10.1 Å². The summed E-state index contributed by atoms with van der Waals surface area (Å²) in [6.45, 7) is 0. The zero-order chi connectivity index (χ0) is 13.1. The first-order valence-corrected chi connectivity index (χ1v) is 5.15. The molecule has 0 aliphatic carbocycles. The number of ether oxygens (including phenoxy) is 1. The van der Waals surface area contributed by atoms with Gasteiger partial charge in [0.15, 0.2) is 0 Å². The van der Waals surface area contributed by atoms with Crippen molar-refractivity contribution >= 4 is 11.4 Å². The molecule has 0 bridgehead atoms. The quantitative estimate of drug-likeness (QED) is 0.508. The van der Waals surface area contributed by atoms with Gasteiger partial charge in [0.05, 0.1) is 12.0 Å². The summed E-state index contributed by atoms with van der Waals surface area (Å²) in [6.07, 6.45) is 3.24. The predicted molar refractivity (Wildman–Crippen MR) is 67.3 cm³/mol. The minimum atomic E-state index is -0.519. The lowest BCUT2D eigenvalue weighted by Gasteiger charge is -2.09. The Balaban J connectivity index is 2.65. The van der Waals surface area contributed by atoms with Crippen molar-refractivity contribution < 1.29 is 9.66 Å². The minimum Gasteiger partial charge on any atom is -0.496 e. The Morgan fingerprint density at radius 1 is 1.44 bits per heavy atom. The van der Waals surface area contributed by atoms with Crippen LogP contribution in [0.2, 0.25) is 0 Å². The van der Waals surface area contributed by atoms with Crippen LogP contribution in [-0.4, -0.2) is 17.0 Å². The van der Waals surface area contributed by atoms with Crippen LogP contribution in [0.5, 0.6) is 5.75 Å². The van der Waals surface area contributed by atoms with Gasteiger partial charge in [-0.15, -0.1) is 0 Å². The molecule has 0 saturated heterocycles. The van der Waals surface area contributed by atoms with Crippen LogP contribution in [0.4, 0.5) is 11.4 Å². The number of nitrogens with two attached hydrogens (primary N) is 1. The molecular formula is C12H11N3O3. The average molecular weight is 245 g/mol. The summed E-state index contributed by atoms with van der Waals surface area (Å²) in [6, 6.07) is 6.38. The normalized spacial score (nSPS) is 10.1. The van der Waals surface area contributed by atoms with Crippen molar-refractivity contribution in [2.75, 3.05) is 12.8 Å². The molecule has 1 heterocycles. The molecule has 1 aromatic heterocycles. The van der Waals surface area contributed by atoms with E-state index >= 15 is 0 Å². The van der Waals surface area contributed by atoms with Crippen LogP contribution >= 0.6 is 0 Å². The second kappa shape index (κ2) is 4.70. The van der Waals surface area contributed by atoms with E-state index in [-0.39, 0.29) is 11.4 Å². The Kier molecular flexibility index (Phi) is 3.09. The molecule has 0 fully saturated rings. The molecule has 6 nitrogen and oxygen atoms in total. The number of rotatable bonds is 3. The highest BCUT2D eigenvalue weighted by molar-refractivity contribution is 5.78. The summed E-state index contributed by atoms with van der Waals surface area (Å²) >= 11 is 0. The summed E-state index contributed by atoms with van der Waals surface area (Å²) in [5.41, 5.74) is 6.86. The van der Waals surface area contributed by atoms with Crippen molar-refractivity contribution in [3.8, 4) is 16.9 Å². The molecule has 0 atom stereocenters. The van der Waals surface area contributed by atoms with Gasteiger partial charge in [0.25, 0.3) is 5.69 Å². The molecule has 0 spiro atoms. The summed E-state index contributed by atoms with van der Waals surface area (Å²) in [7, 11) is 1.49. The summed E-state index contributed by atoms with van der Waals surface area (Å²) in [5.74, 6) is 0.478. The number of nitrogens with zero attached hydrogens (tertiary/aromatic N) is 2. The van der Waals surface area contributed by atoms with Gasteiger partial charge in [-0.3, -0.25) is 15.1 Å². The van der Waals surface area contributed by atoms with Crippen LogP contribution in [0.3, 0.4) is 0 Å². The SMILES string of the molecule is COc1cc(N)c([N+](=O)[O-])cc1-c1cccnc1. The topological polar surface area (TPSA) is 91.3 Å². The first-order chi connectivity index (χ1) is 8.63. The van der Waals surface area contributed by atoms with E-state index in [2.05, 4.69) is 4.98 Å². The van der Waals surface area contributed by atoms with E-state index < -0.39 is 4.92 Å². The maximum atomic E-state index is 10.9. The standard InChI is InChI=1S/C12H11N3O3/c1-18-12-6-10(13)11(15(16)17)5-9(12)8-3-2-4-14-7-8/h2-7H,13H2,1H3. The number of anilines is 1. The van der Waals surface area contributed by atoms with Gasteiger partial charge in [-0.05, 0) is 6.07 Å². The Bertz CT molecular complexity index is 585. The number of aromatic nitrogens is 1. The van der Waals surface area contributed by atoms with Gasteiger partial charge in [-0.2, -0.15) is 0 Å². The maximum absolute atomic E-state index is 10.9. The highest BCUT2D eigenvalue weighted by atomic mass is 16.6. The predicted octanol–water partition coefficient (Wildman–Crippen LogP) is 2.25. The molecule has 1 aromatic carbocycles. The van der Waals surface area contributed by atoms with E-state index in [1.54, 1.807) is 24.5 Å². The third-order valence-electron chi connectivity index (χ3n) is 2.52. The molecule has 0 aliphatic heterocycles. The lowest BCUT2D eigenvalue weighted by Crippen LogP contribution is -1.98. The molecule has 0 amide bonds. The van der Waals surface area contributed by atoms with Gasteiger partial charge < -0.3 is 10.5 Å². The van der Waals surface area contributed by atoms with Crippen molar-refractivity contribution in [2.24, 2.45) is 0 Å². The lowest BCUT2D eigenvalue weighted by molar-refractivity contribution is -0.383. The third kappa shape index (κ3) is 2.08. The molecule has 2 aromatic rings. The summed E-state index contributed by atoms with van der Waals surface area (Å²) < 4.78 is 5.18. The van der Waals surface area contributed by atoms with E-state index in [4.69, 9.17) is 10.5 Å². The highest BCUT2D eigenvalue weighted by Gasteiger charge is 2.17. The van der Waals surface area contributed by atoms with Gasteiger partial charge in [0, 0.05) is 35.7 Å². The largest absolute Gasteiger partial charge is 0.496 e. The van der Waals surface area contributed by atoms with Crippen molar-refractivity contribution in [3.63, 3.8) is 0 Å². The number of methoxy groups -OCH3 is 1. The van der Waals surface area contributed by atoms with Crippen LogP contribution in [0.15, 0.2) is 36.7 Å². The monoisotopic (exact) mass is 245 g/mol. The fourth-order valence-electron chi connectivity index (χ4n) is 1.66. The van der Waals surface area contributed by atoms with Crippen molar-refractivity contribution in [1.82, 2.24) is 4.98 Å². The summed E-state index contributed by atoms with van der Waals surface area (Å²) in [4.78, 5) is 14.3. The van der Waals surface area contributed by atoms with E-state index in [1.807, 2.05) is 0 Å². The smallest absolute Gasteiger partial charge is 0.293 e. The summed E-state index contributed by atoms with van der Waals surface area (Å²) in [5, 5.41) is 10.9. The molecule has 0 unspecified atom stereocenters. The van der Waals surface area contributed by atoms with E-state index in [0.29, 0.717) is 11.3 Å². The van der Waals surface area contributed by atoms with Gasteiger partial charge in [-0.1, -0.05) is 6.07 Å². The third-order valence-corrected chi connectivity index (χ3v) is 2.52. The first-order valence-electron chi connectivity index (χ1n) is 5.15. The number of hydrogen-bond donors (Lipinski definition) is 1. The Morgan fingerprint density at radius 2 is 2.22 bits per heavy atom. The second-order valence-corrected chi connectivity index (χ2v) is 3.61. The van der Waals surface area contributed by atoms with E-state index in [9.17, 15) is 10.1 Å². The maximum Gasteiger partial charge on any atom is 0.293 e. The number of nitro groups is 1. The van der Waals surface area contributed by atoms with Gasteiger partial charge in [0.2, 0.25) is 0 Å². The Labute approximate surface area is 103 Å². The number of nitrogen functional groups attached to an aromatic ring is 1. The van der Waals surface area contributed by atoms with Gasteiger partial charge >= 0.3 is 0 Å². The molecule has 0 saturated carbocycles. The Morgan fingerprint density at radius 3 is 2.78 bits per heavy atom. The lowest BCUT2D eigenvalue weighted by atomic mass is 10.0. The zero-order valence-corrected chi connectivity index (χ0v) is 9.66. The van der Waals surface area contributed by atoms with Crippen molar-refractivity contribution in [2.45, 2.75) is 0 Å². The Hall–Kier alpha value is -2.63. The number of pyridine rings is 1. The number of benzene rings is 1. The van der Waals surface area contributed by atoms with E-state index in [1.165, 1.54) is 19.2 Å². The van der Waals surface area contributed by atoms with Gasteiger partial charge in [-0.25, -0.2) is 0 Å². The van der Waals surface area contributed by atoms with Gasteiger partial charge in [0.1, 0.15) is 11.4 Å². The molecule has 2 rings (SSSR count). The molecule has 0 radical (unpaired) electrons. The van der Waals surface area contributed by atoms with Crippen LogP contribution in [0.1, 0.15) is 0 Å². The van der Waals surface area contributed by atoms with Crippen LogP contribution in [-0.2, 0) is 0 Å². The first kappa shape index (κ1) is 11.8. The van der Waals surface area contributed by atoms with Crippen molar-refractivity contribution in [1.29, 1.82) is 0 Å². The fourth-order valence-corrected chi connectivity index (χ4v) is 1.66. The molecule has 2 N–H and O–H groups in total. The molecule has 6 heteroatoms. The minimum absolute atomic E-state index is 0.0736. The molecule has 18 heavy (non-hydrogen) atoms. The second-order valence-electron chi connectivity index (χ2n) is 3.61. The van der Waals surface area contributed by atoms with Crippen molar-refractivity contribution in [3.05, 3.63) is 46.8 Å². The fraction of sp³-hybridized carbons (Fsp3) is 0.0833. The molecular weight excluding hydrogens is 234 g/mol. The number of hydrogen-bond acceptors (Lipinski definition) is 5. The average Bonchev–Trinajstić information content (AvgIpc) is 2.39. The number of nitro benzene ring substituents is 1. The van der Waals surface area contributed by atoms with E-state index in [0.717, 1.165) is 5.56 Å². The highest BCUT2D eigenvalue weighted by Crippen LogP contribution is 2.36. The van der Waals surface area contributed by atoms with Crippen LogP contribution < -0.4 is 10.5 Å². The molecule has 92 valence electrons.